The Morgan fingerprint density at radius 1 is 0.852 bits per heavy atom. The number of fused-ring (bicyclic) bond motifs is 4. The highest BCUT2D eigenvalue weighted by Crippen LogP contribution is 2.69. The first kappa shape index (κ1) is 17.6. The molecule has 0 aromatic rings. The van der Waals surface area contributed by atoms with Crippen LogP contribution >= 0.6 is 0 Å². The molecule has 5 aliphatic rings. The van der Waals surface area contributed by atoms with Gasteiger partial charge in [-0.3, -0.25) is 14.4 Å². The van der Waals surface area contributed by atoms with E-state index in [9.17, 15) is 14.4 Å². The molecule has 5 rings (SSSR count). The lowest BCUT2D eigenvalue weighted by Gasteiger charge is -2.39. The molecule has 4 nitrogen and oxygen atoms in total. The van der Waals surface area contributed by atoms with Crippen LogP contribution in [0.15, 0.2) is 11.3 Å². The third kappa shape index (κ3) is 1.59. The second-order valence-corrected chi connectivity index (χ2v) is 11.2. The van der Waals surface area contributed by atoms with Gasteiger partial charge in [0, 0.05) is 16.4 Å². The smallest absolute Gasteiger partial charge is 0.238 e. The molecule has 4 saturated carbocycles. The van der Waals surface area contributed by atoms with Crippen molar-refractivity contribution in [1.82, 2.24) is 0 Å². The van der Waals surface area contributed by atoms with Gasteiger partial charge in [-0.15, -0.1) is 0 Å². The Hall–Kier alpha value is -1.45. The average Bonchev–Trinajstić information content (AvgIpc) is 3.07. The summed E-state index contributed by atoms with van der Waals surface area (Å²) in [5.41, 5.74) is -0.368. The Morgan fingerprint density at radius 3 is 1.96 bits per heavy atom. The van der Waals surface area contributed by atoms with Gasteiger partial charge in [-0.05, 0) is 48.3 Å². The zero-order valence-electron chi connectivity index (χ0n) is 17.3. The van der Waals surface area contributed by atoms with Crippen molar-refractivity contribution in [3.05, 3.63) is 11.3 Å². The van der Waals surface area contributed by atoms with E-state index in [1.165, 1.54) is 0 Å². The fourth-order valence-electron chi connectivity index (χ4n) is 7.38. The lowest BCUT2D eigenvalue weighted by Crippen LogP contribution is -2.50. The highest BCUT2D eigenvalue weighted by atomic mass is 16.5. The molecule has 0 N–H and O–H groups in total. The van der Waals surface area contributed by atoms with Crippen molar-refractivity contribution in [3.8, 4) is 0 Å². The summed E-state index contributed by atoms with van der Waals surface area (Å²) in [6.07, 6.45) is 3.03. The molecule has 146 valence electrons. The standard InChI is InChI=1S/C23H30O4/c1-20(2)11-7-9-22(20,5)18(25)13(11)16-15(24)17(27-16)14-12-8-10-23(6,19(14)26)21(12,3)4/h11-13,16H,7-10H2,1-6H3/b17-14-. The maximum Gasteiger partial charge on any atom is 0.238 e. The molecule has 0 aromatic heterocycles. The monoisotopic (exact) mass is 370 g/mol. The summed E-state index contributed by atoms with van der Waals surface area (Å²) in [5, 5.41) is 0. The number of allylic oxidation sites excluding steroid dienone is 1. The minimum atomic E-state index is -0.672. The molecule has 1 saturated heterocycles. The van der Waals surface area contributed by atoms with Crippen LogP contribution in [0.2, 0.25) is 0 Å². The first-order chi connectivity index (χ1) is 12.4. The topological polar surface area (TPSA) is 60.4 Å². The van der Waals surface area contributed by atoms with Gasteiger partial charge in [0.05, 0.1) is 5.92 Å². The van der Waals surface area contributed by atoms with Gasteiger partial charge in [0.15, 0.2) is 17.6 Å². The molecule has 4 bridgehead atoms. The van der Waals surface area contributed by atoms with Crippen LogP contribution in [0.3, 0.4) is 0 Å². The summed E-state index contributed by atoms with van der Waals surface area (Å²) in [7, 11) is 0. The second-order valence-electron chi connectivity index (χ2n) is 11.2. The van der Waals surface area contributed by atoms with Crippen molar-refractivity contribution >= 4 is 17.3 Å². The van der Waals surface area contributed by atoms with Crippen molar-refractivity contribution in [2.45, 2.75) is 73.3 Å². The SMILES string of the molecule is CC12CCC(/C(=C3/OC(C4C(=O)C5(C)CCC4C5(C)C)C3=O)C1=O)C2(C)C. The fourth-order valence-corrected chi connectivity index (χ4v) is 7.38. The highest BCUT2D eigenvalue weighted by molar-refractivity contribution is 6.15. The van der Waals surface area contributed by atoms with Crippen molar-refractivity contribution in [2.75, 3.05) is 0 Å². The molecule has 6 unspecified atom stereocenters. The van der Waals surface area contributed by atoms with E-state index in [0.29, 0.717) is 5.57 Å². The summed E-state index contributed by atoms with van der Waals surface area (Å²) in [6, 6.07) is 0. The Balaban J connectivity index is 1.48. The zero-order chi connectivity index (χ0) is 19.7. The van der Waals surface area contributed by atoms with E-state index < -0.39 is 11.5 Å². The Labute approximate surface area is 161 Å². The molecular formula is C23H30O4. The fraction of sp³-hybridized carbons (Fsp3) is 0.783. The third-order valence-corrected chi connectivity index (χ3v) is 10.2. The van der Waals surface area contributed by atoms with Crippen LogP contribution in [-0.2, 0) is 19.1 Å². The van der Waals surface area contributed by atoms with E-state index in [1.807, 2.05) is 6.92 Å². The van der Waals surface area contributed by atoms with Crippen LogP contribution in [-0.4, -0.2) is 23.5 Å². The largest absolute Gasteiger partial charge is 0.477 e. The summed E-state index contributed by atoms with van der Waals surface area (Å²) < 4.78 is 6.03. The molecule has 0 radical (unpaired) electrons. The second kappa shape index (κ2) is 4.58. The summed E-state index contributed by atoms with van der Waals surface area (Å²) in [5.74, 6) is 0.420. The molecule has 5 fully saturated rings. The predicted octanol–water partition coefficient (Wildman–Crippen LogP) is 3.88. The number of hydrogen-bond acceptors (Lipinski definition) is 4. The first-order valence-electron chi connectivity index (χ1n) is 10.4. The molecule has 6 atom stereocenters. The van der Waals surface area contributed by atoms with E-state index in [1.54, 1.807) is 0 Å². The minimum absolute atomic E-state index is 0.0945. The van der Waals surface area contributed by atoms with Gasteiger partial charge in [-0.1, -0.05) is 41.5 Å². The number of carbonyl (C=O) groups excluding carboxylic acids is 3. The first-order valence-corrected chi connectivity index (χ1v) is 10.4. The zero-order valence-corrected chi connectivity index (χ0v) is 17.3. The Bertz CT molecular complexity index is 846. The van der Waals surface area contributed by atoms with Gasteiger partial charge in [-0.2, -0.15) is 0 Å². The molecule has 27 heavy (non-hydrogen) atoms. The molecule has 4 aliphatic carbocycles. The maximum absolute atomic E-state index is 13.1. The number of Topliss-reactive ketones (excluding diaryl/α,β-unsaturated/α-hetero) is 3. The molecule has 4 heteroatoms. The normalized spacial score (nSPS) is 51.7. The van der Waals surface area contributed by atoms with Crippen molar-refractivity contribution in [1.29, 1.82) is 0 Å². The van der Waals surface area contributed by atoms with Crippen molar-refractivity contribution in [2.24, 2.45) is 39.4 Å². The average molecular weight is 370 g/mol. The molecule has 0 spiro atoms. The molecular weight excluding hydrogens is 340 g/mol. The van der Waals surface area contributed by atoms with E-state index in [-0.39, 0.29) is 57.1 Å². The van der Waals surface area contributed by atoms with Gasteiger partial charge in [0.2, 0.25) is 5.78 Å². The van der Waals surface area contributed by atoms with Crippen LogP contribution in [0.25, 0.3) is 0 Å². The lowest BCUT2D eigenvalue weighted by atomic mass is 9.70. The van der Waals surface area contributed by atoms with Crippen LogP contribution < -0.4 is 0 Å². The number of ketones is 3. The number of hydrogen-bond donors (Lipinski definition) is 0. The van der Waals surface area contributed by atoms with Crippen LogP contribution in [0.5, 0.6) is 0 Å². The number of ether oxygens (including phenoxy) is 1. The minimum Gasteiger partial charge on any atom is -0.477 e. The number of carbonyl (C=O) groups is 3. The van der Waals surface area contributed by atoms with Gasteiger partial charge in [-0.25, -0.2) is 0 Å². The Morgan fingerprint density at radius 2 is 1.48 bits per heavy atom. The predicted molar refractivity (Wildman–Crippen MR) is 99.6 cm³/mol. The molecule has 1 heterocycles. The Kier molecular flexibility index (Phi) is 2.99. The molecule has 1 aliphatic heterocycles. The highest BCUT2D eigenvalue weighted by Gasteiger charge is 2.71. The summed E-state index contributed by atoms with van der Waals surface area (Å²) in [6.45, 7) is 12.7. The molecule has 0 aromatic carbocycles. The van der Waals surface area contributed by atoms with Crippen LogP contribution in [0.4, 0.5) is 0 Å². The van der Waals surface area contributed by atoms with Gasteiger partial charge in [0.1, 0.15) is 5.78 Å². The van der Waals surface area contributed by atoms with Crippen molar-refractivity contribution in [3.63, 3.8) is 0 Å². The quantitative estimate of drug-likeness (QED) is 0.657. The van der Waals surface area contributed by atoms with Crippen LogP contribution in [0, 0.1) is 39.4 Å². The lowest BCUT2D eigenvalue weighted by molar-refractivity contribution is -0.156. The summed E-state index contributed by atoms with van der Waals surface area (Å²) >= 11 is 0. The van der Waals surface area contributed by atoms with Gasteiger partial charge >= 0.3 is 0 Å². The van der Waals surface area contributed by atoms with Crippen molar-refractivity contribution < 1.29 is 19.1 Å². The van der Waals surface area contributed by atoms with Gasteiger partial charge < -0.3 is 4.74 Å². The van der Waals surface area contributed by atoms with E-state index >= 15 is 0 Å². The van der Waals surface area contributed by atoms with E-state index in [0.717, 1.165) is 25.7 Å². The van der Waals surface area contributed by atoms with E-state index in [2.05, 4.69) is 34.6 Å². The van der Waals surface area contributed by atoms with Crippen LogP contribution in [0.1, 0.15) is 67.2 Å². The van der Waals surface area contributed by atoms with E-state index in [4.69, 9.17) is 4.74 Å². The van der Waals surface area contributed by atoms with Gasteiger partial charge in [0.25, 0.3) is 0 Å². The summed E-state index contributed by atoms with van der Waals surface area (Å²) in [4.78, 5) is 39.4. The number of rotatable bonds is 1. The molecule has 0 amide bonds. The maximum atomic E-state index is 13.1. The third-order valence-electron chi connectivity index (χ3n) is 10.2.